The van der Waals surface area contributed by atoms with Gasteiger partial charge in [-0.2, -0.15) is 5.26 Å². The van der Waals surface area contributed by atoms with Gasteiger partial charge >= 0.3 is 0 Å². The first-order valence-electron chi connectivity index (χ1n) is 12.1. The zero-order valence-corrected chi connectivity index (χ0v) is 21.9. The number of nitrogens with two attached hydrogens (primary N) is 1. The van der Waals surface area contributed by atoms with E-state index in [1.165, 1.54) is 0 Å². The number of hydrogen-bond donors (Lipinski definition) is 2. The average Bonchev–Trinajstić information content (AvgIpc) is 2.95. The maximum absolute atomic E-state index is 12.9. The SMILES string of the molecule is COc1ccc(OCC(C(N=NN)=NCCC#N)N(C)CC(=O)Nc2ccc(Oc3ccccc3)cc2)cc1. The Hall–Kier alpha value is -4.95. The third-order valence-corrected chi connectivity index (χ3v) is 5.46. The number of nitrogens with zero attached hydrogens (tertiary/aromatic N) is 5. The quantitative estimate of drug-likeness (QED) is 0.0830. The number of benzene rings is 3. The van der Waals surface area contributed by atoms with Crippen LogP contribution < -0.4 is 25.4 Å². The second-order valence-electron chi connectivity index (χ2n) is 8.27. The molecule has 3 aromatic rings. The molecule has 11 nitrogen and oxygen atoms in total. The highest BCUT2D eigenvalue weighted by molar-refractivity contribution is 5.93. The van der Waals surface area contributed by atoms with E-state index < -0.39 is 6.04 Å². The van der Waals surface area contributed by atoms with E-state index in [1.54, 1.807) is 67.6 Å². The van der Waals surface area contributed by atoms with Crippen LogP contribution in [0.1, 0.15) is 6.42 Å². The fourth-order valence-electron chi connectivity index (χ4n) is 3.50. The summed E-state index contributed by atoms with van der Waals surface area (Å²) in [6.07, 6.45) is 0.198. The number of methoxy groups -OCH3 is 1. The lowest BCUT2D eigenvalue weighted by molar-refractivity contribution is -0.117. The molecule has 0 aromatic heterocycles. The van der Waals surface area contributed by atoms with E-state index in [-0.39, 0.29) is 37.9 Å². The van der Waals surface area contributed by atoms with Gasteiger partial charge in [0.1, 0.15) is 35.6 Å². The molecular formula is C28H31N7O4. The number of hydrogen-bond acceptors (Lipinski definition) is 8. The zero-order chi connectivity index (χ0) is 27.9. The molecule has 3 rings (SSSR count). The van der Waals surface area contributed by atoms with Crippen molar-refractivity contribution in [1.82, 2.24) is 4.90 Å². The van der Waals surface area contributed by atoms with Crippen molar-refractivity contribution in [2.24, 2.45) is 21.2 Å². The summed E-state index contributed by atoms with van der Waals surface area (Å²) >= 11 is 0. The minimum Gasteiger partial charge on any atom is -0.497 e. The van der Waals surface area contributed by atoms with E-state index in [0.29, 0.717) is 22.9 Å². The number of carbonyl (C=O) groups is 1. The first kappa shape index (κ1) is 28.6. The van der Waals surface area contributed by atoms with Gasteiger partial charge in [0, 0.05) is 5.69 Å². The van der Waals surface area contributed by atoms with Gasteiger partial charge in [-0.05, 0) is 67.7 Å². The fourth-order valence-corrected chi connectivity index (χ4v) is 3.50. The van der Waals surface area contributed by atoms with Gasteiger partial charge in [0.2, 0.25) is 5.91 Å². The molecule has 3 aromatic carbocycles. The highest BCUT2D eigenvalue weighted by atomic mass is 16.5. The number of para-hydroxylation sites is 1. The van der Waals surface area contributed by atoms with Crippen LogP contribution in [-0.4, -0.2) is 56.5 Å². The maximum Gasteiger partial charge on any atom is 0.238 e. The molecule has 0 spiro atoms. The lowest BCUT2D eigenvalue weighted by atomic mass is 10.2. The van der Waals surface area contributed by atoms with E-state index in [0.717, 1.165) is 5.75 Å². The Morgan fingerprint density at radius 1 is 1.00 bits per heavy atom. The molecule has 0 heterocycles. The third kappa shape index (κ3) is 9.46. The van der Waals surface area contributed by atoms with Gasteiger partial charge in [0.15, 0.2) is 5.84 Å². The van der Waals surface area contributed by atoms with Crippen molar-refractivity contribution in [2.45, 2.75) is 12.5 Å². The molecule has 0 bridgehead atoms. The summed E-state index contributed by atoms with van der Waals surface area (Å²) in [7, 11) is 3.32. The molecule has 39 heavy (non-hydrogen) atoms. The molecule has 11 heteroatoms. The van der Waals surface area contributed by atoms with Crippen molar-refractivity contribution >= 4 is 17.4 Å². The van der Waals surface area contributed by atoms with Gasteiger partial charge in [-0.15, -0.1) is 5.11 Å². The molecule has 0 saturated carbocycles. The Morgan fingerprint density at radius 2 is 1.64 bits per heavy atom. The van der Waals surface area contributed by atoms with Crippen LogP contribution in [0.25, 0.3) is 0 Å². The highest BCUT2D eigenvalue weighted by Crippen LogP contribution is 2.23. The number of ether oxygens (including phenoxy) is 3. The molecule has 3 N–H and O–H groups in total. The maximum atomic E-state index is 12.9. The van der Waals surface area contributed by atoms with Gasteiger partial charge in [-0.1, -0.05) is 23.4 Å². The number of nitrogens with one attached hydrogen (secondary N) is 1. The monoisotopic (exact) mass is 529 g/mol. The molecule has 1 amide bonds. The third-order valence-electron chi connectivity index (χ3n) is 5.46. The molecule has 0 fully saturated rings. The number of carbonyl (C=O) groups excluding carboxylic acids is 1. The minimum absolute atomic E-state index is 0.00370. The Morgan fingerprint density at radius 3 is 2.28 bits per heavy atom. The largest absolute Gasteiger partial charge is 0.497 e. The average molecular weight is 530 g/mol. The van der Waals surface area contributed by atoms with Crippen molar-refractivity contribution in [3.63, 3.8) is 0 Å². The molecule has 0 aliphatic carbocycles. The number of rotatable bonds is 13. The van der Waals surface area contributed by atoms with E-state index in [9.17, 15) is 4.79 Å². The molecule has 1 unspecified atom stereocenters. The van der Waals surface area contributed by atoms with Crippen LogP contribution in [0.4, 0.5) is 5.69 Å². The Labute approximate surface area is 227 Å². The topological polar surface area (TPSA) is 147 Å². The first-order valence-corrected chi connectivity index (χ1v) is 12.1. The number of amidine groups is 1. The second kappa shape index (κ2) is 15.3. The Kier molecular flexibility index (Phi) is 11.3. The van der Waals surface area contributed by atoms with Crippen molar-refractivity contribution in [3.05, 3.63) is 78.9 Å². The number of likely N-dealkylation sites (N-methyl/N-ethyl adjacent to an activating group) is 1. The van der Waals surface area contributed by atoms with Crippen LogP contribution in [0.2, 0.25) is 0 Å². The first-order chi connectivity index (χ1) is 19.0. The molecule has 202 valence electrons. The van der Waals surface area contributed by atoms with E-state index >= 15 is 0 Å². The summed E-state index contributed by atoms with van der Waals surface area (Å²) in [6, 6.07) is 25.1. The lowest BCUT2D eigenvalue weighted by Crippen LogP contribution is -2.45. The molecular weight excluding hydrogens is 498 g/mol. The summed E-state index contributed by atoms with van der Waals surface area (Å²) in [4.78, 5) is 19.0. The molecule has 0 aliphatic rings. The van der Waals surface area contributed by atoms with Gasteiger partial charge in [0.25, 0.3) is 0 Å². The molecule has 1 atom stereocenters. The zero-order valence-electron chi connectivity index (χ0n) is 21.9. The number of nitriles is 1. The summed E-state index contributed by atoms with van der Waals surface area (Å²) in [5.41, 5.74) is 0.615. The van der Waals surface area contributed by atoms with E-state index in [1.807, 2.05) is 36.4 Å². The van der Waals surface area contributed by atoms with Gasteiger partial charge in [-0.3, -0.25) is 14.7 Å². The number of aliphatic imine (C=N–C) groups is 1. The molecule has 0 saturated heterocycles. The highest BCUT2D eigenvalue weighted by Gasteiger charge is 2.24. The summed E-state index contributed by atoms with van der Waals surface area (Å²) in [5.74, 6) is 7.98. The van der Waals surface area contributed by atoms with E-state index in [2.05, 4.69) is 20.6 Å². The van der Waals surface area contributed by atoms with Crippen LogP contribution >= 0.6 is 0 Å². The molecule has 0 aliphatic heterocycles. The van der Waals surface area contributed by atoms with Crippen molar-refractivity contribution in [2.75, 3.05) is 39.2 Å². The van der Waals surface area contributed by atoms with Gasteiger partial charge in [-0.25, -0.2) is 0 Å². The number of amides is 1. The van der Waals surface area contributed by atoms with E-state index in [4.69, 9.17) is 25.3 Å². The molecule has 0 radical (unpaired) electrons. The Bertz CT molecular complexity index is 1270. The van der Waals surface area contributed by atoms with Crippen molar-refractivity contribution < 1.29 is 19.0 Å². The number of anilines is 1. The predicted molar refractivity (Wildman–Crippen MR) is 148 cm³/mol. The second-order valence-corrected chi connectivity index (χ2v) is 8.27. The fraction of sp³-hybridized carbons (Fsp3) is 0.250. The summed E-state index contributed by atoms with van der Waals surface area (Å²) in [6.45, 7) is 0.309. The van der Waals surface area contributed by atoms with Gasteiger partial charge < -0.3 is 25.4 Å². The minimum atomic E-state index is -0.578. The summed E-state index contributed by atoms with van der Waals surface area (Å²) in [5, 5.41) is 19.1. The summed E-state index contributed by atoms with van der Waals surface area (Å²) < 4.78 is 16.9. The normalized spacial score (nSPS) is 12.1. The lowest BCUT2D eigenvalue weighted by Gasteiger charge is -2.26. The van der Waals surface area contributed by atoms with Crippen molar-refractivity contribution in [1.29, 1.82) is 5.26 Å². The predicted octanol–water partition coefficient (Wildman–Crippen LogP) is 4.44. The van der Waals surface area contributed by atoms with Crippen LogP contribution in [-0.2, 0) is 4.79 Å². The van der Waals surface area contributed by atoms with Crippen LogP contribution in [0.15, 0.2) is 94.2 Å². The van der Waals surface area contributed by atoms with Crippen molar-refractivity contribution in [3.8, 4) is 29.1 Å². The van der Waals surface area contributed by atoms with Crippen LogP contribution in [0, 0.1) is 11.3 Å². The van der Waals surface area contributed by atoms with Crippen LogP contribution in [0.5, 0.6) is 23.0 Å². The Balaban J connectivity index is 1.66. The standard InChI is InChI=1S/C28H31N7O4/c1-35(19-27(36)32-21-9-11-25(12-10-21)39-24-7-4-3-5-8-24)26(28(33-34-30)31-18-6-17-29)20-38-23-15-13-22(37-2)14-16-23/h3-5,7-16,26H,6,18-20H2,1-2H3,(H,32,36)(H2,30,31,33). The van der Waals surface area contributed by atoms with Gasteiger partial charge in [0.05, 0.1) is 32.7 Å². The smallest absolute Gasteiger partial charge is 0.238 e. The van der Waals surface area contributed by atoms with Crippen LogP contribution in [0.3, 0.4) is 0 Å².